The third-order valence-corrected chi connectivity index (χ3v) is 4.17. The lowest BCUT2D eigenvalue weighted by Crippen LogP contribution is -2.50. The second-order valence-electron chi connectivity index (χ2n) is 5.66. The van der Waals surface area contributed by atoms with Crippen LogP contribution in [-0.2, 0) is 6.54 Å². The summed E-state index contributed by atoms with van der Waals surface area (Å²) in [5.74, 6) is 0. The second-order valence-corrected chi connectivity index (χ2v) is 5.66. The molecule has 19 heavy (non-hydrogen) atoms. The zero-order valence-corrected chi connectivity index (χ0v) is 12.6. The monoisotopic (exact) mass is 264 g/mol. The van der Waals surface area contributed by atoms with E-state index >= 15 is 0 Å². The molecule has 1 fully saturated rings. The number of aromatic nitrogens is 2. The van der Waals surface area contributed by atoms with Crippen molar-refractivity contribution in [1.82, 2.24) is 20.0 Å². The molecular weight excluding hydrogens is 236 g/mol. The Bertz CT molecular complexity index is 372. The van der Waals surface area contributed by atoms with E-state index in [1.165, 1.54) is 18.5 Å². The predicted octanol–water partition coefficient (Wildman–Crippen LogP) is 2.43. The first-order chi connectivity index (χ1) is 9.24. The molecule has 0 spiro atoms. The van der Waals surface area contributed by atoms with Crippen LogP contribution in [0.4, 0.5) is 0 Å². The van der Waals surface area contributed by atoms with E-state index in [1.807, 2.05) is 0 Å². The van der Waals surface area contributed by atoms with Gasteiger partial charge in [-0.15, -0.1) is 0 Å². The molecule has 2 unspecified atom stereocenters. The topological polar surface area (TPSA) is 33.1 Å². The fourth-order valence-corrected chi connectivity index (χ4v) is 2.73. The number of piperazine rings is 1. The summed E-state index contributed by atoms with van der Waals surface area (Å²) >= 11 is 0. The molecule has 1 aliphatic heterocycles. The Labute approximate surface area is 117 Å². The second kappa shape index (κ2) is 7.06. The minimum Gasteiger partial charge on any atom is -0.314 e. The summed E-state index contributed by atoms with van der Waals surface area (Å²) in [6.07, 6.45) is 5.79. The zero-order chi connectivity index (χ0) is 13.7. The van der Waals surface area contributed by atoms with Crippen molar-refractivity contribution < 1.29 is 0 Å². The predicted molar refractivity (Wildman–Crippen MR) is 79.2 cm³/mol. The highest BCUT2D eigenvalue weighted by atomic mass is 15.3. The zero-order valence-electron chi connectivity index (χ0n) is 12.6. The van der Waals surface area contributed by atoms with Gasteiger partial charge in [-0.3, -0.25) is 9.58 Å². The summed E-state index contributed by atoms with van der Waals surface area (Å²) in [7, 11) is 0. The van der Waals surface area contributed by atoms with Crippen LogP contribution in [0.3, 0.4) is 0 Å². The maximum absolute atomic E-state index is 4.72. The lowest BCUT2D eigenvalue weighted by atomic mass is 10.1. The first kappa shape index (κ1) is 14.5. The smallest absolute Gasteiger partial charge is 0.0765 e. The first-order valence-corrected chi connectivity index (χ1v) is 7.73. The van der Waals surface area contributed by atoms with Gasteiger partial charge in [-0.2, -0.15) is 5.10 Å². The van der Waals surface area contributed by atoms with Gasteiger partial charge in [0, 0.05) is 44.5 Å². The number of hydrogen-bond donors (Lipinski definition) is 1. The Morgan fingerprint density at radius 2 is 2.32 bits per heavy atom. The van der Waals surface area contributed by atoms with Crippen molar-refractivity contribution in [2.45, 2.75) is 58.7 Å². The summed E-state index contributed by atoms with van der Waals surface area (Å²) in [5.41, 5.74) is 1.21. The van der Waals surface area contributed by atoms with Crippen LogP contribution >= 0.6 is 0 Å². The van der Waals surface area contributed by atoms with Crippen molar-refractivity contribution in [3.8, 4) is 0 Å². The molecule has 0 radical (unpaired) electrons. The fourth-order valence-electron chi connectivity index (χ4n) is 2.73. The molecule has 1 aromatic rings. The normalized spacial score (nSPS) is 22.6. The molecule has 0 bridgehead atoms. The summed E-state index contributed by atoms with van der Waals surface area (Å²) in [4.78, 5) is 2.59. The quantitative estimate of drug-likeness (QED) is 0.856. The van der Waals surface area contributed by atoms with Gasteiger partial charge < -0.3 is 5.32 Å². The van der Waals surface area contributed by atoms with Crippen LogP contribution < -0.4 is 5.32 Å². The SMILES string of the molecule is CCCC1CNCCN1Cc1ccn(C(C)CC)n1. The van der Waals surface area contributed by atoms with Crippen molar-refractivity contribution in [2.24, 2.45) is 0 Å². The van der Waals surface area contributed by atoms with Gasteiger partial charge >= 0.3 is 0 Å². The Morgan fingerprint density at radius 3 is 3.05 bits per heavy atom. The van der Waals surface area contributed by atoms with E-state index in [9.17, 15) is 0 Å². The molecular formula is C15H28N4. The van der Waals surface area contributed by atoms with Crippen LogP contribution in [0.15, 0.2) is 12.3 Å². The average Bonchev–Trinajstić information content (AvgIpc) is 2.89. The number of rotatable bonds is 6. The molecule has 2 rings (SSSR count). The molecule has 0 aromatic carbocycles. The molecule has 1 saturated heterocycles. The van der Waals surface area contributed by atoms with E-state index in [4.69, 9.17) is 5.10 Å². The highest BCUT2D eigenvalue weighted by Crippen LogP contribution is 2.15. The standard InChI is InChI=1S/C15H28N4/c1-4-6-15-11-16-8-10-18(15)12-14-7-9-19(17-14)13(3)5-2/h7,9,13,15-16H,4-6,8,10-12H2,1-3H3. The van der Waals surface area contributed by atoms with E-state index in [0.29, 0.717) is 12.1 Å². The molecule has 1 aromatic heterocycles. The van der Waals surface area contributed by atoms with Gasteiger partial charge in [0.25, 0.3) is 0 Å². The van der Waals surface area contributed by atoms with Gasteiger partial charge in [-0.25, -0.2) is 0 Å². The molecule has 0 aliphatic carbocycles. The van der Waals surface area contributed by atoms with Crippen LogP contribution in [0.5, 0.6) is 0 Å². The Balaban J connectivity index is 1.96. The average molecular weight is 264 g/mol. The Morgan fingerprint density at radius 1 is 1.47 bits per heavy atom. The number of nitrogens with zero attached hydrogens (tertiary/aromatic N) is 3. The van der Waals surface area contributed by atoms with Gasteiger partial charge in [0.1, 0.15) is 0 Å². The fraction of sp³-hybridized carbons (Fsp3) is 0.800. The molecule has 4 heteroatoms. The highest BCUT2D eigenvalue weighted by molar-refractivity contribution is 5.00. The van der Waals surface area contributed by atoms with E-state index in [-0.39, 0.29) is 0 Å². The van der Waals surface area contributed by atoms with E-state index in [0.717, 1.165) is 32.6 Å². The maximum atomic E-state index is 4.72. The highest BCUT2D eigenvalue weighted by Gasteiger charge is 2.22. The van der Waals surface area contributed by atoms with Crippen molar-refractivity contribution in [2.75, 3.05) is 19.6 Å². The number of nitrogens with one attached hydrogen (secondary N) is 1. The number of hydrogen-bond acceptors (Lipinski definition) is 3. The van der Waals surface area contributed by atoms with Crippen LogP contribution in [-0.4, -0.2) is 40.4 Å². The minimum atomic E-state index is 0.503. The molecule has 0 saturated carbocycles. The molecule has 1 aliphatic rings. The molecule has 2 atom stereocenters. The van der Waals surface area contributed by atoms with Crippen LogP contribution in [0, 0.1) is 0 Å². The summed E-state index contributed by atoms with van der Waals surface area (Å²) in [6.45, 7) is 11.1. The van der Waals surface area contributed by atoms with Gasteiger partial charge in [-0.1, -0.05) is 20.3 Å². The van der Waals surface area contributed by atoms with Gasteiger partial charge in [0.15, 0.2) is 0 Å². The first-order valence-electron chi connectivity index (χ1n) is 7.73. The molecule has 4 nitrogen and oxygen atoms in total. The Kier molecular flexibility index (Phi) is 5.40. The third kappa shape index (κ3) is 3.80. The molecule has 0 amide bonds. The molecule has 108 valence electrons. The van der Waals surface area contributed by atoms with Crippen molar-refractivity contribution >= 4 is 0 Å². The lowest BCUT2D eigenvalue weighted by molar-refractivity contribution is 0.142. The third-order valence-electron chi connectivity index (χ3n) is 4.17. The summed E-state index contributed by atoms with van der Waals surface area (Å²) in [5, 5.41) is 8.22. The van der Waals surface area contributed by atoms with Gasteiger partial charge in [0.2, 0.25) is 0 Å². The van der Waals surface area contributed by atoms with Gasteiger partial charge in [0.05, 0.1) is 5.69 Å². The van der Waals surface area contributed by atoms with Crippen LogP contribution in [0.1, 0.15) is 51.8 Å². The van der Waals surface area contributed by atoms with Crippen molar-refractivity contribution in [3.63, 3.8) is 0 Å². The van der Waals surface area contributed by atoms with Crippen molar-refractivity contribution in [3.05, 3.63) is 18.0 Å². The minimum absolute atomic E-state index is 0.503. The lowest BCUT2D eigenvalue weighted by Gasteiger charge is -2.35. The summed E-state index contributed by atoms with van der Waals surface area (Å²) in [6, 6.07) is 3.35. The molecule has 2 heterocycles. The van der Waals surface area contributed by atoms with E-state index < -0.39 is 0 Å². The van der Waals surface area contributed by atoms with Crippen LogP contribution in [0.25, 0.3) is 0 Å². The summed E-state index contributed by atoms with van der Waals surface area (Å²) < 4.78 is 2.10. The largest absolute Gasteiger partial charge is 0.314 e. The van der Waals surface area contributed by atoms with E-state index in [2.05, 4.69) is 47.9 Å². The molecule has 1 N–H and O–H groups in total. The Hall–Kier alpha value is -0.870. The maximum Gasteiger partial charge on any atom is 0.0765 e. The van der Waals surface area contributed by atoms with E-state index in [1.54, 1.807) is 0 Å². The van der Waals surface area contributed by atoms with Crippen LogP contribution in [0.2, 0.25) is 0 Å². The van der Waals surface area contributed by atoms with Crippen molar-refractivity contribution in [1.29, 1.82) is 0 Å². The van der Waals surface area contributed by atoms with Gasteiger partial charge in [-0.05, 0) is 25.8 Å².